The second-order valence-corrected chi connectivity index (χ2v) is 5.63. The zero-order valence-electron chi connectivity index (χ0n) is 13.6. The molecule has 0 spiro atoms. The van der Waals surface area contributed by atoms with Gasteiger partial charge in [-0.05, 0) is 48.4 Å². The van der Waals surface area contributed by atoms with E-state index in [4.69, 9.17) is 4.74 Å². The molecule has 7 heteroatoms. The van der Waals surface area contributed by atoms with Gasteiger partial charge in [-0.1, -0.05) is 0 Å². The summed E-state index contributed by atoms with van der Waals surface area (Å²) < 4.78 is 34.8. The number of amides is 1. The maximum atomic E-state index is 12.6. The normalized spacial score (nSPS) is 13.2. The van der Waals surface area contributed by atoms with E-state index >= 15 is 0 Å². The summed E-state index contributed by atoms with van der Waals surface area (Å²) in [5.74, 6) is 0.679. The summed E-state index contributed by atoms with van der Waals surface area (Å²) in [6, 6.07) is 10.3. The highest BCUT2D eigenvalue weighted by molar-refractivity contribution is 5.94. The van der Waals surface area contributed by atoms with E-state index in [0.717, 1.165) is 16.9 Å². The Kier molecular flexibility index (Phi) is 5.02. The Morgan fingerprint density at radius 2 is 2.04 bits per heavy atom. The Morgan fingerprint density at radius 3 is 2.80 bits per heavy atom. The highest BCUT2D eigenvalue weighted by Crippen LogP contribution is 2.29. The van der Waals surface area contributed by atoms with Crippen LogP contribution in [0.5, 0.6) is 11.5 Å². The number of carbonyl (C=O) groups excluding carboxylic acids is 1. The lowest BCUT2D eigenvalue weighted by Crippen LogP contribution is -2.19. The van der Waals surface area contributed by atoms with Crippen LogP contribution in [0.25, 0.3) is 0 Å². The van der Waals surface area contributed by atoms with Gasteiger partial charge in [0.15, 0.2) is 0 Å². The van der Waals surface area contributed by atoms with Crippen molar-refractivity contribution in [2.45, 2.75) is 26.0 Å². The Bertz CT molecular complexity index is 781. The number of carbonyl (C=O) groups is 1. The van der Waals surface area contributed by atoms with Gasteiger partial charge in [-0.3, -0.25) is 4.79 Å². The van der Waals surface area contributed by atoms with Crippen LogP contribution in [0.2, 0.25) is 0 Å². The van der Waals surface area contributed by atoms with Crippen molar-refractivity contribution in [1.29, 1.82) is 0 Å². The molecule has 2 aromatic rings. The molecule has 1 aliphatic rings. The van der Waals surface area contributed by atoms with Crippen LogP contribution in [0.1, 0.15) is 17.5 Å². The lowest BCUT2D eigenvalue weighted by atomic mass is 10.0. The molecule has 0 radical (unpaired) electrons. The Hall–Kier alpha value is -2.83. The lowest BCUT2D eigenvalue weighted by molar-refractivity contribution is -0.116. The molecular weight excluding hydrogens is 330 g/mol. The number of anilines is 2. The molecule has 1 amide bonds. The maximum Gasteiger partial charge on any atom is 0.387 e. The number of hydrogen-bond donors (Lipinski definition) is 2. The third kappa shape index (κ3) is 4.17. The van der Waals surface area contributed by atoms with E-state index in [-0.39, 0.29) is 11.7 Å². The lowest BCUT2D eigenvalue weighted by Gasteiger charge is -2.18. The largest absolute Gasteiger partial charge is 0.497 e. The first-order valence-corrected chi connectivity index (χ1v) is 7.83. The van der Waals surface area contributed by atoms with Gasteiger partial charge in [-0.15, -0.1) is 0 Å². The topological polar surface area (TPSA) is 59.6 Å². The number of rotatable bonds is 6. The van der Waals surface area contributed by atoms with Gasteiger partial charge >= 0.3 is 6.61 Å². The summed E-state index contributed by atoms with van der Waals surface area (Å²) in [7, 11) is 1.51. The van der Waals surface area contributed by atoms with Gasteiger partial charge in [0.25, 0.3) is 0 Å². The van der Waals surface area contributed by atoms with Crippen molar-refractivity contribution in [3.63, 3.8) is 0 Å². The quantitative estimate of drug-likeness (QED) is 0.834. The zero-order valence-corrected chi connectivity index (χ0v) is 13.6. The number of fused-ring (bicyclic) bond motifs is 1. The molecule has 0 saturated heterocycles. The van der Waals surface area contributed by atoms with E-state index in [0.29, 0.717) is 30.7 Å². The zero-order chi connectivity index (χ0) is 17.8. The minimum Gasteiger partial charge on any atom is -0.497 e. The summed E-state index contributed by atoms with van der Waals surface area (Å²) in [4.78, 5) is 11.4. The first-order valence-electron chi connectivity index (χ1n) is 7.83. The second kappa shape index (κ2) is 7.38. The van der Waals surface area contributed by atoms with Crippen molar-refractivity contribution in [2.24, 2.45) is 0 Å². The smallest absolute Gasteiger partial charge is 0.387 e. The predicted molar refractivity (Wildman–Crippen MR) is 90.3 cm³/mol. The number of ether oxygens (including phenoxy) is 2. The average Bonchev–Trinajstić information content (AvgIpc) is 2.60. The number of alkyl halides is 2. The third-order valence-electron chi connectivity index (χ3n) is 3.97. The van der Waals surface area contributed by atoms with Gasteiger partial charge < -0.3 is 20.1 Å². The van der Waals surface area contributed by atoms with Gasteiger partial charge in [0.1, 0.15) is 11.5 Å². The van der Waals surface area contributed by atoms with Crippen LogP contribution < -0.4 is 20.1 Å². The van der Waals surface area contributed by atoms with E-state index in [1.54, 1.807) is 12.1 Å². The Labute approximate surface area is 143 Å². The summed E-state index contributed by atoms with van der Waals surface area (Å²) in [5.41, 5.74) is 3.25. The van der Waals surface area contributed by atoms with Crippen molar-refractivity contribution in [3.05, 3.63) is 47.5 Å². The van der Waals surface area contributed by atoms with Crippen LogP contribution in [-0.2, 0) is 17.8 Å². The number of methoxy groups -OCH3 is 1. The van der Waals surface area contributed by atoms with Gasteiger partial charge in [0.05, 0.1) is 7.11 Å². The average molecular weight is 348 g/mol. The molecule has 2 aromatic carbocycles. The SMILES string of the molecule is COc1ccc(OC(F)F)c(CNc2ccc3c(c2)CCC(=O)N3)c1. The third-order valence-corrected chi connectivity index (χ3v) is 3.97. The van der Waals surface area contributed by atoms with Gasteiger partial charge in [0.2, 0.25) is 5.91 Å². The fraction of sp³-hybridized carbons (Fsp3) is 0.278. The van der Waals surface area contributed by atoms with Crippen LogP contribution in [-0.4, -0.2) is 19.6 Å². The van der Waals surface area contributed by atoms with Crippen molar-refractivity contribution in [3.8, 4) is 11.5 Å². The van der Waals surface area contributed by atoms with Gasteiger partial charge in [0, 0.05) is 29.9 Å². The Balaban J connectivity index is 1.75. The monoisotopic (exact) mass is 348 g/mol. The van der Waals surface area contributed by atoms with E-state index < -0.39 is 6.61 Å². The maximum absolute atomic E-state index is 12.6. The molecule has 0 unspecified atom stereocenters. The summed E-state index contributed by atoms with van der Waals surface area (Å²) in [5, 5.41) is 6.01. The highest BCUT2D eigenvalue weighted by atomic mass is 19.3. The van der Waals surface area contributed by atoms with Gasteiger partial charge in [-0.25, -0.2) is 0 Å². The minimum atomic E-state index is -2.89. The summed E-state index contributed by atoms with van der Waals surface area (Å²) in [6.07, 6.45) is 1.13. The van der Waals surface area contributed by atoms with Crippen molar-refractivity contribution in [1.82, 2.24) is 0 Å². The van der Waals surface area contributed by atoms with Crippen molar-refractivity contribution >= 4 is 17.3 Å². The molecular formula is C18H18F2N2O3. The molecule has 3 rings (SSSR count). The fourth-order valence-electron chi connectivity index (χ4n) is 2.72. The van der Waals surface area contributed by atoms with E-state index in [9.17, 15) is 13.6 Å². The standard InChI is InChI=1S/C18H18F2N2O3/c1-24-14-4-6-16(25-18(19)20)12(9-14)10-21-13-3-5-15-11(8-13)2-7-17(23)22-15/h3-6,8-9,18,21H,2,7,10H2,1H3,(H,22,23). The van der Waals surface area contributed by atoms with Crippen LogP contribution in [0.15, 0.2) is 36.4 Å². The molecule has 0 atom stereocenters. The number of benzene rings is 2. The molecule has 1 heterocycles. The first kappa shape index (κ1) is 17.0. The molecule has 25 heavy (non-hydrogen) atoms. The number of hydrogen-bond acceptors (Lipinski definition) is 4. The molecule has 132 valence electrons. The predicted octanol–water partition coefficient (Wildman–Crippen LogP) is 3.79. The second-order valence-electron chi connectivity index (χ2n) is 5.63. The molecule has 0 saturated carbocycles. The molecule has 0 aliphatic carbocycles. The summed E-state index contributed by atoms with van der Waals surface area (Å²) in [6.45, 7) is -2.59. The van der Waals surface area contributed by atoms with Crippen molar-refractivity contribution in [2.75, 3.05) is 17.7 Å². The minimum absolute atomic E-state index is 0.0124. The Morgan fingerprint density at radius 1 is 1.20 bits per heavy atom. The molecule has 0 fully saturated rings. The molecule has 5 nitrogen and oxygen atoms in total. The fourth-order valence-corrected chi connectivity index (χ4v) is 2.72. The molecule has 1 aliphatic heterocycles. The van der Waals surface area contributed by atoms with E-state index in [2.05, 4.69) is 15.4 Å². The number of nitrogens with one attached hydrogen (secondary N) is 2. The van der Waals surface area contributed by atoms with E-state index in [1.165, 1.54) is 13.2 Å². The summed E-state index contributed by atoms with van der Waals surface area (Å²) >= 11 is 0. The van der Waals surface area contributed by atoms with Gasteiger partial charge in [-0.2, -0.15) is 8.78 Å². The van der Waals surface area contributed by atoms with Crippen molar-refractivity contribution < 1.29 is 23.0 Å². The number of halogens is 2. The molecule has 2 N–H and O–H groups in total. The van der Waals surface area contributed by atoms with Crippen LogP contribution in [0.3, 0.4) is 0 Å². The molecule has 0 aromatic heterocycles. The first-order chi connectivity index (χ1) is 12.0. The van der Waals surface area contributed by atoms with E-state index in [1.807, 2.05) is 18.2 Å². The molecule has 0 bridgehead atoms. The highest BCUT2D eigenvalue weighted by Gasteiger charge is 2.15. The van der Waals surface area contributed by atoms with Crippen LogP contribution in [0.4, 0.5) is 20.2 Å². The number of aryl methyl sites for hydroxylation is 1. The van der Waals surface area contributed by atoms with Crippen LogP contribution in [0, 0.1) is 0 Å². The van der Waals surface area contributed by atoms with Crippen LogP contribution >= 0.6 is 0 Å².